The number of fused-ring (bicyclic) bond motifs is 1. The van der Waals surface area contributed by atoms with Gasteiger partial charge < -0.3 is 25.1 Å². The molecule has 33 heavy (non-hydrogen) atoms. The lowest BCUT2D eigenvalue weighted by Crippen LogP contribution is -2.30. The Bertz CT molecular complexity index is 1010. The second kappa shape index (κ2) is 12.0. The summed E-state index contributed by atoms with van der Waals surface area (Å²) in [6.07, 6.45) is 4.99. The molecular weight excluding hydrogens is 412 g/mol. The molecule has 3 aromatic rings. The number of carbonyl (C=O) groups excluding carboxylic acids is 1. The van der Waals surface area contributed by atoms with Crippen molar-refractivity contribution in [3.63, 3.8) is 0 Å². The molecule has 4 rings (SSSR count). The van der Waals surface area contributed by atoms with Crippen LogP contribution in [0.3, 0.4) is 0 Å². The summed E-state index contributed by atoms with van der Waals surface area (Å²) < 4.78 is 2.49. The summed E-state index contributed by atoms with van der Waals surface area (Å²) in [6, 6.07) is 15.5. The summed E-state index contributed by atoms with van der Waals surface area (Å²) >= 11 is 0. The fourth-order valence-corrected chi connectivity index (χ4v) is 4.83. The topological polar surface area (TPSA) is 79.2 Å². The van der Waals surface area contributed by atoms with Crippen LogP contribution in [0.15, 0.2) is 42.5 Å². The molecule has 178 valence electrons. The largest absolute Gasteiger partial charge is 0.508 e. The molecule has 1 aliphatic heterocycles. The van der Waals surface area contributed by atoms with Crippen LogP contribution in [-0.2, 0) is 17.6 Å². The van der Waals surface area contributed by atoms with E-state index in [2.05, 4.69) is 65.4 Å². The lowest BCUT2D eigenvalue weighted by molar-refractivity contribution is -0.0979. The van der Waals surface area contributed by atoms with Gasteiger partial charge in [-0.15, -0.1) is 0 Å². The van der Waals surface area contributed by atoms with Crippen LogP contribution in [0.1, 0.15) is 62.0 Å². The first-order chi connectivity index (χ1) is 16.1. The number of benzene rings is 2. The van der Waals surface area contributed by atoms with Gasteiger partial charge in [0.2, 0.25) is 0 Å². The smallest absolute Gasteiger partial charge is 0.121 e. The number of aromatic nitrogens is 2. The summed E-state index contributed by atoms with van der Waals surface area (Å²) in [7, 11) is 1.99. The zero-order valence-electron chi connectivity index (χ0n) is 20.2. The number of hydrogen-bond acceptors (Lipinski definition) is 5. The lowest BCUT2D eigenvalue weighted by Gasteiger charge is -2.28. The van der Waals surface area contributed by atoms with Crippen LogP contribution >= 0.6 is 0 Å². The van der Waals surface area contributed by atoms with Gasteiger partial charge in [0.15, 0.2) is 0 Å². The Labute approximate surface area is 197 Å². The number of aryl methyl sites for hydroxylation is 1. The Morgan fingerprint density at radius 3 is 2.52 bits per heavy atom. The minimum Gasteiger partial charge on any atom is -0.508 e. The quantitative estimate of drug-likeness (QED) is 0.475. The van der Waals surface area contributed by atoms with E-state index in [0.29, 0.717) is 23.8 Å². The first-order valence-electron chi connectivity index (χ1n) is 12.0. The van der Waals surface area contributed by atoms with Gasteiger partial charge >= 0.3 is 0 Å². The number of rotatable bonds is 8. The maximum absolute atomic E-state index is 10.7. The minimum absolute atomic E-state index is 0.302. The molecule has 3 N–H and O–H groups in total. The molecule has 0 bridgehead atoms. The van der Waals surface area contributed by atoms with E-state index in [9.17, 15) is 5.11 Å². The number of imidazole rings is 1. The molecule has 0 spiro atoms. The van der Waals surface area contributed by atoms with Crippen molar-refractivity contribution in [2.45, 2.75) is 64.0 Å². The van der Waals surface area contributed by atoms with Crippen molar-refractivity contribution in [2.75, 3.05) is 20.1 Å². The van der Waals surface area contributed by atoms with Gasteiger partial charge in [-0.3, -0.25) is 0 Å². The molecule has 0 radical (unpaired) electrons. The molecule has 2 heterocycles. The monoisotopic (exact) mass is 450 g/mol. The SMILES string of the molecule is C=O.CNC(C)CCc1c(O)ccc2c1nc(C(C)Cc1ccccc1)n2C1CCNCC1. The average Bonchev–Trinajstić information content (AvgIpc) is 3.25. The summed E-state index contributed by atoms with van der Waals surface area (Å²) in [5.41, 5.74) is 4.48. The average molecular weight is 451 g/mol. The number of phenolic OH excluding ortho intramolecular Hbond substituents is 1. The summed E-state index contributed by atoms with van der Waals surface area (Å²) in [5.74, 6) is 1.82. The van der Waals surface area contributed by atoms with Crippen LogP contribution in [0.25, 0.3) is 11.0 Å². The highest BCUT2D eigenvalue weighted by Crippen LogP contribution is 2.36. The number of nitrogens with zero attached hydrogens (tertiary/aromatic N) is 2. The Morgan fingerprint density at radius 2 is 1.85 bits per heavy atom. The molecule has 2 atom stereocenters. The second-order valence-corrected chi connectivity index (χ2v) is 9.07. The number of hydrogen-bond donors (Lipinski definition) is 3. The van der Waals surface area contributed by atoms with Crippen molar-refractivity contribution in [2.24, 2.45) is 0 Å². The highest BCUT2D eigenvalue weighted by Gasteiger charge is 2.26. The fourth-order valence-electron chi connectivity index (χ4n) is 4.83. The van der Waals surface area contributed by atoms with Crippen LogP contribution in [-0.4, -0.2) is 47.6 Å². The molecule has 1 saturated heterocycles. The van der Waals surface area contributed by atoms with Crippen molar-refractivity contribution in [3.8, 4) is 5.75 Å². The van der Waals surface area contributed by atoms with Crippen LogP contribution in [0.4, 0.5) is 0 Å². The van der Waals surface area contributed by atoms with E-state index < -0.39 is 0 Å². The number of carbonyl (C=O) groups is 1. The van der Waals surface area contributed by atoms with Gasteiger partial charge in [0.05, 0.1) is 11.0 Å². The third-order valence-electron chi connectivity index (χ3n) is 6.79. The molecular formula is C27H38N4O2. The highest BCUT2D eigenvalue weighted by molar-refractivity contribution is 5.82. The molecule has 0 saturated carbocycles. The molecule has 2 aromatic carbocycles. The standard InChI is InChI=1S/C26H36N4O.CH2O/c1-18(17-20-7-5-4-6-8-20)26-29-25-22(10-9-19(2)27-3)24(31)12-11-23(25)30(26)21-13-15-28-16-14-21;1-2/h4-8,11-12,18-19,21,27-28,31H,9-10,13-17H2,1-3H3;1H2. The van der Waals surface area contributed by atoms with E-state index in [1.807, 2.05) is 19.9 Å². The van der Waals surface area contributed by atoms with Crippen molar-refractivity contribution < 1.29 is 9.90 Å². The Kier molecular flexibility index (Phi) is 9.03. The van der Waals surface area contributed by atoms with Gasteiger partial charge in [0.1, 0.15) is 18.4 Å². The van der Waals surface area contributed by atoms with Crippen molar-refractivity contribution >= 4 is 17.8 Å². The predicted molar refractivity (Wildman–Crippen MR) is 135 cm³/mol. The summed E-state index contributed by atoms with van der Waals surface area (Å²) in [4.78, 5) is 13.2. The van der Waals surface area contributed by atoms with Crippen LogP contribution < -0.4 is 10.6 Å². The van der Waals surface area contributed by atoms with Gasteiger partial charge in [-0.05, 0) is 76.9 Å². The number of nitrogens with one attached hydrogen (secondary N) is 2. The van der Waals surface area contributed by atoms with Gasteiger partial charge in [-0.25, -0.2) is 4.98 Å². The first-order valence-corrected chi connectivity index (χ1v) is 12.0. The molecule has 1 fully saturated rings. The van der Waals surface area contributed by atoms with Gasteiger partial charge in [0.25, 0.3) is 0 Å². The van der Waals surface area contributed by atoms with E-state index in [-0.39, 0.29) is 0 Å². The summed E-state index contributed by atoms with van der Waals surface area (Å²) in [6.45, 7) is 8.55. The Balaban J connectivity index is 0.00000149. The molecule has 0 amide bonds. The molecule has 1 aromatic heterocycles. The molecule has 2 unspecified atom stereocenters. The van der Waals surface area contributed by atoms with Crippen LogP contribution in [0.5, 0.6) is 5.75 Å². The third-order valence-corrected chi connectivity index (χ3v) is 6.79. The van der Waals surface area contributed by atoms with Gasteiger partial charge in [-0.2, -0.15) is 0 Å². The lowest BCUT2D eigenvalue weighted by atomic mass is 9.99. The maximum Gasteiger partial charge on any atom is 0.121 e. The molecule has 6 heteroatoms. The van der Waals surface area contributed by atoms with Crippen LogP contribution in [0.2, 0.25) is 0 Å². The number of aromatic hydroxyl groups is 1. The maximum atomic E-state index is 10.7. The third kappa shape index (κ3) is 5.81. The van der Waals surface area contributed by atoms with E-state index in [4.69, 9.17) is 9.78 Å². The van der Waals surface area contributed by atoms with E-state index >= 15 is 0 Å². The van der Waals surface area contributed by atoms with E-state index in [0.717, 1.165) is 62.1 Å². The minimum atomic E-state index is 0.302. The Hall–Kier alpha value is -2.70. The van der Waals surface area contributed by atoms with Crippen molar-refractivity contribution in [1.29, 1.82) is 0 Å². The number of piperidine rings is 1. The second-order valence-electron chi connectivity index (χ2n) is 9.07. The van der Waals surface area contributed by atoms with Crippen molar-refractivity contribution in [1.82, 2.24) is 20.2 Å². The Morgan fingerprint density at radius 1 is 1.15 bits per heavy atom. The summed E-state index contributed by atoms with van der Waals surface area (Å²) in [5, 5.41) is 17.5. The van der Waals surface area contributed by atoms with Crippen molar-refractivity contribution in [3.05, 3.63) is 59.4 Å². The number of phenols is 1. The predicted octanol–water partition coefficient (Wildman–Crippen LogP) is 4.37. The zero-order valence-corrected chi connectivity index (χ0v) is 20.2. The van der Waals surface area contributed by atoms with Gasteiger partial charge in [0, 0.05) is 23.6 Å². The highest BCUT2D eigenvalue weighted by atomic mass is 16.3. The molecule has 6 nitrogen and oxygen atoms in total. The normalized spacial score (nSPS) is 16.2. The molecule has 0 aliphatic carbocycles. The molecule has 1 aliphatic rings. The van der Waals surface area contributed by atoms with Gasteiger partial charge in [-0.1, -0.05) is 37.3 Å². The fraction of sp³-hybridized carbons (Fsp3) is 0.481. The van der Waals surface area contributed by atoms with E-state index in [1.165, 1.54) is 11.1 Å². The van der Waals surface area contributed by atoms with E-state index in [1.54, 1.807) is 0 Å². The first kappa shape index (κ1) is 24.9. The zero-order chi connectivity index (χ0) is 23.8. The van der Waals surface area contributed by atoms with Crippen LogP contribution in [0, 0.1) is 0 Å².